The number of alkyl halides is 3. The molecule has 1 N–H and O–H groups in total. The molecule has 3 rings (SSSR count). The van der Waals surface area contributed by atoms with Gasteiger partial charge in [0.2, 0.25) is 0 Å². The lowest BCUT2D eigenvalue weighted by molar-refractivity contribution is -0.196. The first kappa shape index (κ1) is 18.4. The van der Waals surface area contributed by atoms with Crippen molar-refractivity contribution in [1.29, 1.82) is 0 Å². The molecule has 1 aromatic heterocycles. The second kappa shape index (κ2) is 6.75. The Hall–Kier alpha value is -3.36. The fourth-order valence-electron chi connectivity index (χ4n) is 2.64. The van der Waals surface area contributed by atoms with Crippen LogP contribution in [0, 0.1) is 0 Å². The van der Waals surface area contributed by atoms with Crippen LogP contribution in [0.2, 0.25) is 0 Å². The number of carbonyl (C=O) groups is 2. The highest BCUT2D eigenvalue weighted by atomic mass is 19.4. The van der Waals surface area contributed by atoms with Crippen LogP contribution in [0.5, 0.6) is 0 Å². The van der Waals surface area contributed by atoms with Crippen LogP contribution in [0.15, 0.2) is 70.8 Å². The second-order valence-electron chi connectivity index (χ2n) is 5.65. The molecule has 0 saturated carbocycles. The Morgan fingerprint density at radius 2 is 1.96 bits per heavy atom. The van der Waals surface area contributed by atoms with E-state index in [1.807, 2.05) is 0 Å². The normalized spacial score (nSPS) is 19.7. The zero-order valence-corrected chi connectivity index (χ0v) is 13.9. The zero-order valence-electron chi connectivity index (χ0n) is 13.9. The van der Waals surface area contributed by atoms with Crippen LogP contribution in [0.4, 0.5) is 13.2 Å². The summed E-state index contributed by atoms with van der Waals surface area (Å²) in [6.07, 6.45) is -2.77. The van der Waals surface area contributed by atoms with E-state index < -0.39 is 23.7 Å². The molecular formula is C18H14F3N3O3. The van der Waals surface area contributed by atoms with Crippen molar-refractivity contribution in [3.63, 3.8) is 0 Å². The number of rotatable bonds is 5. The summed E-state index contributed by atoms with van der Waals surface area (Å²) < 4.78 is 46.7. The fourth-order valence-corrected chi connectivity index (χ4v) is 2.64. The minimum atomic E-state index is -5.18. The molecule has 1 aliphatic rings. The first-order valence-corrected chi connectivity index (χ1v) is 7.81. The first-order valence-electron chi connectivity index (χ1n) is 7.81. The Morgan fingerprint density at radius 3 is 2.52 bits per heavy atom. The minimum absolute atomic E-state index is 0.207. The van der Waals surface area contributed by atoms with Gasteiger partial charge in [0.05, 0.1) is 6.26 Å². The number of amides is 2. The molecule has 0 saturated heterocycles. The average molecular weight is 377 g/mol. The minimum Gasteiger partial charge on any atom is -0.459 e. The molecule has 140 valence electrons. The molecule has 1 unspecified atom stereocenters. The van der Waals surface area contributed by atoms with Crippen molar-refractivity contribution in [3.05, 3.63) is 72.7 Å². The van der Waals surface area contributed by atoms with Crippen LogP contribution in [0.3, 0.4) is 0 Å². The third-order valence-electron chi connectivity index (χ3n) is 3.88. The van der Waals surface area contributed by atoms with Crippen molar-refractivity contribution in [2.24, 2.45) is 4.99 Å². The second-order valence-corrected chi connectivity index (χ2v) is 5.65. The number of nitrogens with zero attached hydrogens (tertiary/aromatic N) is 2. The Labute approximate surface area is 152 Å². The number of hydrogen-bond donors (Lipinski definition) is 1. The molecule has 2 amide bonds. The number of aliphatic imine (C=N–C) groups is 1. The molecule has 9 heteroatoms. The Morgan fingerprint density at radius 1 is 1.26 bits per heavy atom. The van der Waals surface area contributed by atoms with Crippen molar-refractivity contribution in [2.45, 2.75) is 11.8 Å². The van der Waals surface area contributed by atoms with Crippen molar-refractivity contribution in [1.82, 2.24) is 10.2 Å². The highest BCUT2D eigenvalue weighted by Crippen LogP contribution is 2.38. The number of hydrogen-bond acceptors (Lipinski definition) is 4. The quantitative estimate of drug-likeness (QED) is 0.815. The van der Waals surface area contributed by atoms with Gasteiger partial charge in [-0.05, 0) is 12.1 Å². The molecule has 6 nitrogen and oxygen atoms in total. The van der Waals surface area contributed by atoms with Gasteiger partial charge in [-0.2, -0.15) is 13.2 Å². The summed E-state index contributed by atoms with van der Waals surface area (Å²) in [4.78, 5) is 29.4. The molecule has 27 heavy (non-hydrogen) atoms. The van der Waals surface area contributed by atoms with E-state index in [-0.39, 0.29) is 18.1 Å². The topological polar surface area (TPSA) is 74.9 Å². The van der Waals surface area contributed by atoms with E-state index in [2.05, 4.69) is 11.6 Å². The van der Waals surface area contributed by atoms with E-state index in [4.69, 9.17) is 4.42 Å². The maximum atomic E-state index is 13.9. The third-order valence-corrected chi connectivity index (χ3v) is 3.88. The van der Waals surface area contributed by atoms with Gasteiger partial charge in [-0.25, -0.2) is 4.99 Å². The molecule has 1 aromatic carbocycles. The summed E-state index contributed by atoms with van der Waals surface area (Å²) >= 11 is 0. The Balaban J connectivity index is 2.11. The summed E-state index contributed by atoms with van der Waals surface area (Å²) in [6.45, 7) is 3.26. The highest BCUT2D eigenvalue weighted by molar-refractivity contribution is 6.16. The summed E-state index contributed by atoms with van der Waals surface area (Å²) in [5, 5.41) is 1.70. The van der Waals surface area contributed by atoms with Crippen molar-refractivity contribution in [3.8, 4) is 0 Å². The Bertz CT molecular complexity index is 892. The van der Waals surface area contributed by atoms with Crippen LogP contribution in [0.25, 0.3) is 0 Å². The molecule has 0 radical (unpaired) electrons. The first-order chi connectivity index (χ1) is 12.8. The van der Waals surface area contributed by atoms with E-state index in [1.165, 1.54) is 30.3 Å². The molecule has 0 spiro atoms. The molecule has 2 aromatic rings. The summed E-state index contributed by atoms with van der Waals surface area (Å²) in [6, 6.07) is 10.4. The number of nitrogens with one attached hydrogen (secondary N) is 1. The molecule has 0 aliphatic carbocycles. The van der Waals surface area contributed by atoms with E-state index in [0.29, 0.717) is 5.56 Å². The van der Waals surface area contributed by atoms with Crippen LogP contribution >= 0.6 is 0 Å². The van der Waals surface area contributed by atoms with E-state index in [0.717, 1.165) is 11.2 Å². The smallest absolute Gasteiger partial charge is 0.442 e. The van der Waals surface area contributed by atoms with Gasteiger partial charge in [-0.1, -0.05) is 36.4 Å². The largest absolute Gasteiger partial charge is 0.459 e. The molecular weight excluding hydrogens is 363 g/mol. The van der Waals surface area contributed by atoms with Crippen LogP contribution in [-0.2, 0) is 4.79 Å². The van der Waals surface area contributed by atoms with Crippen LogP contribution < -0.4 is 5.32 Å². The molecule has 0 bridgehead atoms. The monoisotopic (exact) mass is 377 g/mol. The van der Waals surface area contributed by atoms with Crippen LogP contribution in [0.1, 0.15) is 16.1 Å². The predicted molar refractivity (Wildman–Crippen MR) is 89.8 cm³/mol. The zero-order chi connectivity index (χ0) is 19.7. The number of amidine groups is 1. The van der Waals surface area contributed by atoms with Crippen molar-refractivity contribution >= 4 is 17.6 Å². The lowest BCUT2D eigenvalue weighted by atomic mass is 10.1. The summed E-state index contributed by atoms with van der Waals surface area (Å²) in [7, 11) is 0. The molecule has 0 fully saturated rings. The van der Waals surface area contributed by atoms with E-state index in [9.17, 15) is 22.8 Å². The van der Waals surface area contributed by atoms with Gasteiger partial charge in [0, 0.05) is 12.1 Å². The van der Waals surface area contributed by atoms with Gasteiger partial charge in [-0.15, -0.1) is 6.58 Å². The number of benzene rings is 1. The van der Waals surface area contributed by atoms with E-state index in [1.54, 1.807) is 23.5 Å². The van der Waals surface area contributed by atoms with Gasteiger partial charge in [0.15, 0.2) is 5.76 Å². The molecule has 2 heterocycles. The maximum Gasteiger partial charge on any atom is 0.442 e. The van der Waals surface area contributed by atoms with Gasteiger partial charge in [-0.3, -0.25) is 14.5 Å². The Kier molecular flexibility index (Phi) is 4.61. The lowest BCUT2D eigenvalue weighted by Crippen LogP contribution is -2.63. The van der Waals surface area contributed by atoms with Gasteiger partial charge >= 0.3 is 11.8 Å². The summed E-state index contributed by atoms with van der Waals surface area (Å²) in [5.74, 6) is -3.21. The SMILES string of the molecule is C=CCN1C(=O)C(NC(=O)c2ccco2)(C(F)(F)F)N=C1c1ccccc1. The fraction of sp³-hybridized carbons (Fsp3) is 0.167. The lowest BCUT2D eigenvalue weighted by Gasteiger charge is -2.28. The summed E-state index contributed by atoms with van der Waals surface area (Å²) in [5.41, 5.74) is -3.16. The average Bonchev–Trinajstić information content (AvgIpc) is 3.25. The standard InChI is InChI=1S/C18H14F3N3O3/c1-2-10-24-14(12-7-4-3-5-8-12)22-17(16(24)26,18(19,20)21)23-15(25)13-9-6-11-27-13/h2-9,11H,1,10H2,(H,23,25). The number of carbonyl (C=O) groups excluding carboxylic acids is 2. The van der Waals surface area contributed by atoms with Crippen molar-refractivity contribution in [2.75, 3.05) is 6.54 Å². The number of halogens is 3. The van der Waals surface area contributed by atoms with Gasteiger partial charge < -0.3 is 9.73 Å². The van der Waals surface area contributed by atoms with Gasteiger partial charge in [0.1, 0.15) is 5.84 Å². The van der Waals surface area contributed by atoms with Gasteiger partial charge in [0.25, 0.3) is 11.8 Å². The molecule has 1 aliphatic heterocycles. The van der Waals surface area contributed by atoms with Crippen LogP contribution in [-0.4, -0.2) is 40.9 Å². The van der Waals surface area contributed by atoms with Crippen molar-refractivity contribution < 1.29 is 27.2 Å². The predicted octanol–water partition coefficient (Wildman–Crippen LogP) is 2.74. The molecule has 1 atom stereocenters. The number of furan rings is 1. The highest BCUT2D eigenvalue weighted by Gasteiger charge is 2.67. The maximum absolute atomic E-state index is 13.9. The third kappa shape index (κ3) is 3.12. The van der Waals surface area contributed by atoms with E-state index >= 15 is 0 Å².